The molecule has 1 amide bonds. The van der Waals surface area contributed by atoms with Crippen LogP contribution in [0.15, 0.2) is 35.1 Å². The monoisotopic (exact) mass is 229 g/mol. The number of benzene rings is 1. The van der Waals surface area contributed by atoms with Gasteiger partial charge in [0, 0.05) is 17.2 Å². The maximum absolute atomic E-state index is 11.6. The summed E-state index contributed by atoms with van der Waals surface area (Å²) in [6.07, 6.45) is 3.27. The normalized spacial score (nSPS) is 14.6. The van der Waals surface area contributed by atoms with Crippen molar-refractivity contribution in [3.8, 4) is 11.5 Å². The summed E-state index contributed by atoms with van der Waals surface area (Å²) in [7, 11) is 0. The van der Waals surface area contributed by atoms with Gasteiger partial charge < -0.3 is 9.73 Å². The Morgan fingerprint density at radius 3 is 3.00 bits per heavy atom. The van der Waals surface area contributed by atoms with E-state index < -0.39 is 0 Å². The Hall–Kier alpha value is -2.17. The van der Waals surface area contributed by atoms with Crippen LogP contribution in [0.4, 0.5) is 5.69 Å². The Morgan fingerprint density at radius 1 is 1.41 bits per heavy atom. The first-order valence-corrected chi connectivity index (χ1v) is 5.50. The number of nitrogens with one attached hydrogen (secondary N) is 1. The van der Waals surface area contributed by atoms with Gasteiger partial charge in [0.25, 0.3) is 0 Å². The average molecular weight is 229 g/mol. The Labute approximate surface area is 97.9 Å². The minimum Gasteiger partial charge on any atom is -0.423 e. The predicted molar refractivity (Wildman–Crippen MR) is 61.1 cm³/mol. The molecule has 3 rings (SSSR count). The Morgan fingerprint density at radius 2 is 2.29 bits per heavy atom. The molecule has 0 unspecified atom stereocenters. The molecule has 1 aliphatic rings. The van der Waals surface area contributed by atoms with Crippen molar-refractivity contribution in [3.05, 3.63) is 30.7 Å². The third-order valence-corrected chi connectivity index (χ3v) is 2.69. The third-order valence-electron chi connectivity index (χ3n) is 2.69. The predicted octanol–water partition coefficient (Wildman–Crippen LogP) is 2.09. The topological polar surface area (TPSA) is 68.0 Å². The molecule has 17 heavy (non-hydrogen) atoms. The van der Waals surface area contributed by atoms with Crippen LogP contribution >= 0.6 is 0 Å². The first-order valence-electron chi connectivity index (χ1n) is 5.50. The minimum atomic E-state index is 0.0904. The molecule has 0 aliphatic heterocycles. The first-order chi connectivity index (χ1) is 8.33. The molecule has 0 saturated heterocycles. The maximum atomic E-state index is 11.6. The van der Waals surface area contributed by atoms with Gasteiger partial charge in [-0.05, 0) is 31.0 Å². The van der Waals surface area contributed by atoms with Gasteiger partial charge in [-0.25, -0.2) is 0 Å². The number of rotatable bonds is 3. The molecule has 0 spiro atoms. The average Bonchev–Trinajstić information content (AvgIpc) is 3.05. The molecule has 5 nitrogen and oxygen atoms in total. The zero-order valence-electron chi connectivity index (χ0n) is 9.09. The van der Waals surface area contributed by atoms with Crippen molar-refractivity contribution < 1.29 is 9.21 Å². The number of hydrogen-bond donors (Lipinski definition) is 1. The highest BCUT2D eigenvalue weighted by Crippen LogP contribution is 2.30. The summed E-state index contributed by atoms with van der Waals surface area (Å²) < 4.78 is 5.10. The number of anilines is 1. The van der Waals surface area contributed by atoms with Crippen molar-refractivity contribution in [2.24, 2.45) is 5.92 Å². The van der Waals surface area contributed by atoms with Crippen LogP contribution in [-0.2, 0) is 4.79 Å². The fourth-order valence-electron chi connectivity index (χ4n) is 1.62. The van der Waals surface area contributed by atoms with Gasteiger partial charge in [-0.2, -0.15) is 0 Å². The van der Waals surface area contributed by atoms with Crippen LogP contribution in [0.3, 0.4) is 0 Å². The molecular formula is C12H11N3O2. The summed E-state index contributed by atoms with van der Waals surface area (Å²) in [4.78, 5) is 11.6. The van der Waals surface area contributed by atoms with Crippen LogP contribution in [0.5, 0.6) is 0 Å². The van der Waals surface area contributed by atoms with Gasteiger partial charge in [-0.3, -0.25) is 4.79 Å². The van der Waals surface area contributed by atoms with Gasteiger partial charge in [0.2, 0.25) is 18.2 Å². The summed E-state index contributed by atoms with van der Waals surface area (Å²) in [5, 5.41) is 10.3. The van der Waals surface area contributed by atoms with E-state index in [1.807, 2.05) is 24.3 Å². The number of aromatic nitrogens is 2. The summed E-state index contributed by atoms with van der Waals surface area (Å²) in [6, 6.07) is 7.39. The lowest BCUT2D eigenvalue weighted by Crippen LogP contribution is -2.13. The van der Waals surface area contributed by atoms with E-state index in [0.717, 1.165) is 24.1 Å². The fourth-order valence-corrected chi connectivity index (χ4v) is 1.62. The highest BCUT2D eigenvalue weighted by molar-refractivity contribution is 5.94. The largest absolute Gasteiger partial charge is 0.423 e. The molecule has 2 aromatic rings. The quantitative estimate of drug-likeness (QED) is 0.874. The van der Waals surface area contributed by atoms with E-state index in [9.17, 15) is 4.79 Å². The molecular weight excluding hydrogens is 218 g/mol. The Kier molecular flexibility index (Phi) is 2.36. The molecule has 1 aliphatic carbocycles. The van der Waals surface area contributed by atoms with E-state index in [-0.39, 0.29) is 11.8 Å². The molecule has 1 aromatic heterocycles. The molecule has 1 aromatic carbocycles. The minimum absolute atomic E-state index is 0.0904. The van der Waals surface area contributed by atoms with E-state index in [1.165, 1.54) is 6.39 Å². The van der Waals surface area contributed by atoms with Crippen molar-refractivity contribution in [2.45, 2.75) is 12.8 Å². The Balaban J connectivity index is 1.81. The molecule has 0 atom stereocenters. The number of carbonyl (C=O) groups excluding carboxylic acids is 1. The highest BCUT2D eigenvalue weighted by atomic mass is 16.4. The number of amides is 1. The number of hydrogen-bond acceptors (Lipinski definition) is 4. The molecule has 1 fully saturated rings. The van der Waals surface area contributed by atoms with Gasteiger partial charge in [0.15, 0.2) is 0 Å². The highest BCUT2D eigenvalue weighted by Gasteiger charge is 2.29. The van der Waals surface area contributed by atoms with Gasteiger partial charge in [0.05, 0.1) is 0 Å². The van der Waals surface area contributed by atoms with E-state index in [4.69, 9.17) is 4.42 Å². The maximum Gasteiger partial charge on any atom is 0.247 e. The van der Waals surface area contributed by atoms with E-state index in [1.54, 1.807) is 0 Å². The number of nitrogens with zero attached hydrogens (tertiary/aromatic N) is 2. The Bertz CT molecular complexity index is 532. The van der Waals surface area contributed by atoms with E-state index in [2.05, 4.69) is 15.5 Å². The summed E-state index contributed by atoms with van der Waals surface area (Å²) in [5.74, 6) is 0.738. The van der Waals surface area contributed by atoms with Crippen molar-refractivity contribution in [2.75, 3.05) is 5.32 Å². The molecule has 0 radical (unpaired) electrons. The van der Waals surface area contributed by atoms with Crippen LogP contribution in [0.2, 0.25) is 0 Å². The molecule has 0 bridgehead atoms. The van der Waals surface area contributed by atoms with Crippen LogP contribution in [0.1, 0.15) is 12.8 Å². The van der Waals surface area contributed by atoms with E-state index >= 15 is 0 Å². The smallest absolute Gasteiger partial charge is 0.247 e. The lowest BCUT2D eigenvalue weighted by molar-refractivity contribution is -0.117. The summed E-state index contributed by atoms with van der Waals surface area (Å²) >= 11 is 0. The summed E-state index contributed by atoms with van der Waals surface area (Å²) in [6.45, 7) is 0. The summed E-state index contributed by atoms with van der Waals surface area (Å²) in [5.41, 5.74) is 1.56. The second-order valence-corrected chi connectivity index (χ2v) is 4.09. The first kappa shape index (κ1) is 10.0. The fraction of sp³-hybridized carbons (Fsp3) is 0.250. The molecule has 1 heterocycles. The SMILES string of the molecule is O=C(Nc1cccc(-c2nnco2)c1)C1CC1. The molecule has 5 heteroatoms. The zero-order valence-corrected chi connectivity index (χ0v) is 9.09. The second kappa shape index (κ2) is 4.01. The van der Waals surface area contributed by atoms with Gasteiger partial charge in [-0.15, -0.1) is 10.2 Å². The van der Waals surface area contributed by atoms with Crippen LogP contribution in [0.25, 0.3) is 11.5 Å². The van der Waals surface area contributed by atoms with Crippen molar-refractivity contribution in [3.63, 3.8) is 0 Å². The lowest BCUT2D eigenvalue weighted by Gasteiger charge is -2.04. The third kappa shape index (κ3) is 2.18. The van der Waals surface area contributed by atoms with Gasteiger partial charge >= 0.3 is 0 Å². The van der Waals surface area contributed by atoms with Crippen molar-refractivity contribution >= 4 is 11.6 Å². The van der Waals surface area contributed by atoms with Crippen LogP contribution < -0.4 is 5.32 Å². The van der Waals surface area contributed by atoms with E-state index in [0.29, 0.717) is 5.89 Å². The van der Waals surface area contributed by atoms with Crippen molar-refractivity contribution in [1.82, 2.24) is 10.2 Å². The molecule has 1 N–H and O–H groups in total. The lowest BCUT2D eigenvalue weighted by atomic mass is 10.2. The van der Waals surface area contributed by atoms with Crippen molar-refractivity contribution in [1.29, 1.82) is 0 Å². The molecule has 86 valence electrons. The number of carbonyl (C=O) groups is 1. The van der Waals surface area contributed by atoms with Gasteiger partial charge in [0.1, 0.15) is 0 Å². The standard InChI is InChI=1S/C12H11N3O2/c16-11(8-4-5-8)14-10-3-1-2-9(6-10)12-15-13-7-17-12/h1-3,6-8H,4-5H2,(H,14,16). The zero-order chi connectivity index (χ0) is 11.7. The van der Waals surface area contributed by atoms with Gasteiger partial charge in [-0.1, -0.05) is 6.07 Å². The molecule has 1 saturated carbocycles. The van der Waals surface area contributed by atoms with Crippen LogP contribution in [0, 0.1) is 5.92 Å². The van der Waals surface area contributed by atoms with Crippen LogP contribution in [-0.4, -0.2) is 16.1 Å². The second-order valence-electron chi connectivity index (χ2n) is 4.09.